The van der Waals surface area contributed by atoms with Gasteiger partial charge in [0.2, 0.25) is 0 Å². The summed E-state index contributed by atoms with van der Waals surface area (Å²) in [5, 5.41) is 6.15. The van der Waals surface area contributed by atoms with Crippen LogP contribution in [-0.2, 0) is 25.7 Å². The highest BCUT2D eigenvalue weighted by Gasteiger charge is 2.42. The molecule has 2 heterocycles. The third-order valence-electron chi connectivity index (χ3n) is 6.74. The van der Waals surface area contributed by atoms with E-state index in [0.29, 0.717) is 16.7 Å². The summed E-state index contributed by atoms with van der Waals surface area (Å²) < 4.78 is 11.6. The number of esters is 2. The van der Waals surface area contributed by atoms with Gasteiger partial charge in [-0.1, -0.05) is 42.5 Å². The molecule has 7 heteroatoms. The van der Waals surface area contributed by atoms with Gasteiger partial charge in [-0.15, -0.1) is 11.3 Å². The molecule has 1 atom stereocenters. The minimum Gasteiger partial charge on any atom is -0.465 e. The number of nitrogens with one attached hydrogen (secondary N) is 1. The van der Waals surface area contributed by atoms with Crippen LogP contribution < -0.4 is 5.32 Å². The van der Waals surface area contributed by atoms with Gasteiger partial charge in [0.1, 0.15) is 6.61 Å². The Hall–Kier alpha value is -3.71. The van der Waals surface area contributed by atoms with E-state index < -0.39 is 17.9 Å². The maximum absolute atomic E-state index is 13.7. The van der Waals surface area contributed by atoms with Crippen LogP contribution in [0.1, 0.15) is 54.1 Å². The summed E-state index contributed by atoms with van der Waals surface area (Å²) in [4.78, 5) is 39.1. The molecule has 36 heavy (non-hydrogen) atoms. The predicted molar refractivity (Wildman–Crippen MR) is 138 cm³/mol. The van der Waals surface area contributed by atoms with Gasteiger partial charge in [-0.2, -0.15) is 0 Å². The van der Waals surface area contributed by atoms with Gasteiger partial charge < -0.3 is 14.8 Å². The fourth-order valence-corrected chi connectivity index (χ4v) is 6.02. The molecule has 0 amide bonds. The number of hydrogen-bond donors (Lipinski definition) is 1. The highest BCUT2D eigenvalue weighted by Crippen LogP contribution is 2.48. The number of ketones is 1. The van der Waals surface area contributed by atoms with E-state index in [-0.39, 0.29) is 18.3 Å². The van der Waals surface area contributed by atoms with Gasteiger partial charge >= 0.3 is 11.9 Å². The number of rotatable bonds is 7. The zero-order valence-electron chi connectivity index (χ0n) is 20.4. The number of carbonyl (C=O) groups is 3. The molecular formula is C29H27NO5S. The summed E-state index contributed by atoms with van der Waals surface area (Å²) >= 11 is 1.41. The number of fused-ring (bicyclic) bond motifs is 1. The number of allylic oxidation sites excluding steroid dienone is 3. The minimum atomic E-state index is -0.593. The maximum Gasteiger partial charge on any atom is 0.339 e. The molecule has 1 aromatic heterocycles. The molecule has 2 aromatic carbocycles. The number of dihydropyridines is 1. The van der Waals surface area contributed by atoms with Crippen LogP contribution >= 0.6 is 11.3 Å². The Balaban J connectivity index is 1.65. The normalized spacial score (nSPS) is 17.7. The number of methoxy groups -OCH3 is 1. The van der Waals surface area contributed by atoms with E-state index in [1.165, 1.54) is 25.4 Å². The fourth-order valence-electron chi connectivity index (χ4n) is 4.93. The Labute approximate surface area is 213 Å². The van der Waals surface area contributed by atoms with E-state index in [4.69, 9.17) is 9.47 Å². The number of hydrogen-bond acceptors (Lipinski definition) is 7. The average molecular weight is 502 g/mol. The van der Waals surface area contributed by atoms with Gasteiger partial charge in [-0.05, 0) is 60.6 Å². The van der Waals surface area contributed by atoms with Crippen LogP contribution in [0.25, 0.3) is 10.1 Å². The SMILES string of the molecule is COC(=O)c1cccc2c(C3C(C(C)=O)=C(C)NC(C4CC4)=C3C(=O)OCc3ccccc3)csc12. The lowest BCUT2D eigenvalue weighted by Crippen LogP contribution is -2.32. The Kier molecular flexibility index (Phi) is 6.49. The van der Waals surface area contributed by atoms with Crippen LogP contribution in [0, 0.1) is 5.92 Å². The molecule has 1 saturated carbocycles. The molecule has 2 aliphatic rings. The Morgan fingerprint density at radius 3 is 2.42 bits per heavy atom. The van der Waals surface area contributed by atoms with Crippen LogP contribution in [0.4, 0.5) is 0 Å². The number of carbonyl (C=O) groups excluding carboxylic acids is 3. The first kappa shape index (κ1) is 24.0. The Morgan fingerprint density at radius 1 is 1.00 bits per heavy atom. The van der Waals surface area contributed by atoms with Gasteiger partial charge in [-0.3, -0.25) is 4.79 Å². The second-order valence-electron chi connectivity index (χ2n) is 9.18. The monoisotopic (exact) mass is 501 g/mol. The van der Waals surface area contributed by atoms with E-state index in [1.807, 2.05) is 48.7 Å². The zero-order chi connectivity index (χ0) is 25.4. The highest BCUT2D eigenvalue weighted by atomic mass is 32.1. The third kappa shape index (κ3) is 4.35. The molecule has 1 N–H and O–H groups in total. The van der Waals surface area contributed by atoms with Crippen molar-refractivity contribution in [2.24, 2.45) is 5.92 Å². The topological polar surface area (TPSA) is 81.7 Å². The molecule has 6 nitrogen and oxygen atoms in total. The molecule has 0 spiro atoms. The van der Waals surface area contributed by atoms with Crippen LogP contribution in [-0.4, -0.2) is 24.8 Å². The number of benzene rings is 2. The second kappa shape index (κ2) is 9.74. The minimum absolute atomic E-state index is 0.114. The molecule has 1 aliphatic heterocycles. The summed E-state index contributed by atoms with van der Waals surface area (Å²) in [6.07, 6.45) is 1.95. The van der Waals surface area contributed by atoms with E-state index in [9.17, 15) is 14.4 Å². The molecule has 184 valence electrons. The second-order valence-corrected chi connectivity index (χ2v) is 10.1. The van der Waals surface area contributed by atoms with Crippen molar-refractivity contribution < 1.29 is 23.9 Å². The molecule has 0 radical (unpaired) electrons. The van der Waals surface area contributed by atoms with E-state index in [2.05, 4.69) is 5.32 Å². The van der Waals surface area contributed by atoms with Crippen molar-refractivity contribution in [2.75, 3.05) is 7.11 Å². The van der Waals surface area contributed by atoms with Gasteiger partial charge in [0, 0.05) is 27.6 Å². The maximum atomic E-state index is 13.7. The molecule has 1 unspecified atom stereocenters. The van der Waals surface area contributed by atoms with E-state index in [1.54, 1.807) is 12.1 Å². The average Bonchev–Trinajstić information content (AvgIpc) is 3.64. The van der Waals surface area contributed by atoms with Crippen molar-refractivity contribution in [2.45, 2.75) is 39.2 Å². The van der Waals surface area contributed by atoms with Crippen molar-refractivity contribution >= 4 is 39.1 Å². The highest BCUT2D eigenvalue weighted by molar-refractivity contribution is 7.17. The molecule has 3 aromatic rings. The van der Waals surface area contributed by atoms with Crippen molar-refractivity contribution in [1.82, 2.24) is 5.32 Å². The molecule has 1 fully saturated rings. The van der Waals surface area contributed by atoms with Gasteiger partial charge in [0.25, 0.3) is 0 Å². The fraction of sp³-hybridized carbons (Fsp3) is 0.276. The van der Waals surface area contributed by atoms with Crippen LogP contribution in [0.2, 0.25) is 0 Å². The van der Waals surface area contributed by atoms with Crippen molar-refractivity contribution in [3.8, 4) is 0 Å². The van der Waals surface area contributed by atoms with E-state index in [0.717, 1.165) is 45.4 Å². The van der Waals surface area contributed by atoms with Crippen LogP contribution in [0.15, 0.2) is 76.5 Å². The molecule has 0 bridgehead atoms. The Morgan fingerprint density at radius 2 is 1.75 bits per heavy atom. The predicted octanol–water partition coefficient (Wildman–Crippen LogP) is 5.65. The lowest BCUT2D eigenvalue weighted by molar-refractivity contribution is -0.140. The van der Waals surface area contributed by atoms with Crippen molar-refractivity contribution in [1.29, 1.82) is 0 Å². The number of Topliss-reactive ketones (excluding diaryl/α,β-unsaturated/α-hetero) is 1. The lowest BCUT2D eigenvalue weighted by atomic mass is 9.78. The van der Waals surface area contributed by atoms with Crippen LogP contribution in [0.3, 0.4) is 0 Å². The first-order chi connectivity index (χ1) is 17.4. The first-order valence-electron chi connectivity index (χ1n) is 11.9. The molecule has 5 rings (SSSR count). The smallest absolute Gasteiger partial charge is 0.339 e. The Bertz CT molecular complexity index is 1430. The third-order valence-corrected chi connectivity index (χ3v) is 7.78. The standard InChI is InChI=1S/C29H27NO5S/c1-16-23(17(2)31)24(22-15-36-27-20(22)10-7-11-21(27)28(32)34-3)25(26(30-16)19-12-13-19)29(33)35-14-18-8-5-4-6-9-18/h4-11,15,19,24,30H,12-14H2,1-3H3. The summed E-state index contributed by atoms with van der Waals surface area (Å²) in [6, 6.07) is 15.0. The van der Waals surface area contributed by atoms with Crippen LogP contribution in [0.5, 0.6) is 0 Å². The molecule has 0 saturated heterocycles. The summed E-state index contributed by atoms with van der Waals surface area (Å²) in [6.45, 7) is 3.55. The first-order valence-corrected chi connectivity index (χ1v) is 12.8. The lowest BCUT2D eigenvalue weighted by Gasteiger charge is -2.31. The summed E-state index contributed by atoms with van der Waals surface area (Å²) in [5.41, 5.74) is 4.77. The molecule has 1 aliphatic carbocycles. The number of ether oxygens (including phenoxy) is 2. The quantitative estimate of drug-likeness (QED) is 0.422. The molecular weight excluding hydrogens is 474 g/mol. The van der Waals surface area contributed by atoms with E-state index >= 15 is 0 Å². The number of thiophene rings is 1. The summed E-state index contributed by atoms with van der Waals surface area (Å²) in [7, 11) is 1.36. The zero-order valence-corrected chi connectivity index (χ0v) is 21.2. The summed E-state index contributed by atoms with van der Waals surface area (Å²) in [5.74, 6) is -1.34. The van der Waals surface area contributed by atoms with Crippen molar-refractivity contribution in [3.63, 3.8) is 0 Å². The van der Waals surface area contributed by atoms with Gasteiger partial charge in [0.05, 0.1) is 18.2 Å². The largest absolute Gasteiger partial charge is 0.465 e. The van der Waals surface area contributed by atoms with Crippen molar-refractivity contribution in [3.05, 3.63) is 93.1 Å². The van der Waals surface area contributed by atoms with Gasteiger partial charge in [-0.25, -0.2) is 9.59 Å². The van der Waals surface area contributed by atoms with Gasteiger partial charge in [0.15, 0.2) is 5.78 Å².